The van der Waals surface area contributed by atoms with Gasteiger partial charge in [0, 0.05) is 24.3 Å². The maximum absolute atomic E-state index is 12.5. The first kappa shape index (κ1) is 20.2. The molecule has 156 valence electrons. The molecule has 0 unspecified atom stereocenters. The number of carbonyl (C=O) groups is 1. The van der Waals surface area contributed by atoms with E-state index in [1.54, 1.807) is 0 Å². The van der Waals surface area contributed by atoms with Gasteiger partial charge in [-0.2, -0.15) is 5.21 Å². The number of aromatic amines is 1. The number of tetrazole rings is 1. The fraction of sp³-hybridized carbons (Fsp3) is 0.364. The van der Waals surface area contributed by atoms with Crippen LogP contribution in [-0.2, 0) is 16.0 Å². The number of aromatic nitrogens is 4. The zero-order valence-electron chi connectivity index (χ0n) is 16.8. The first-order valence-corrected chi connectivity index (χ1v) is 10.3. The molecular formula is C22H26N6O2. The summed E-state index contributed by atoms with van der Waals surface area (Å²) in [5, 5.41) is 16.9. The molecule has 0 aliphatic carbocycles. The fourth-order valence-corrected chi connectivity index (χ4v) is 3.65. The molecule has 1 saturated heterocycles. The van der Waals surface area contributed by atoms with Gasteiger partial charge in [-0.05, 0) is 42.2 Å². The molecule has 3 aromatic rings. The van der Waals surface area contributed by atoms with Gasteiger partial charge < -0.3 is 10.1 Å². The Morgan fingerprint density at radius 3 is 2.73 bits per heavy atom. The standard InChI is InChI=1S/C22H26N6O2/c29-21(23-19-8-4-7-18(15-19)22-24-26-27-25-22)16-28-12-9-20(10-13-28)30-14-11-17-5-2-1-3-6-17/h1-8,15,20H,9-14,16H2,(H,23,29)(H,24,25,26,27). The Morgan fingerprint density at radius 2 is 1.97 bits per heavy atom. The third-order valence-electron chi connectivity index (χ3n) is 5.24. The largest absolute Gasteiger partial charge is 0.378 e. The molecule has 0 saturated carbocycles. The zero-order valence-corrected chi connectivity index (χ0v) is 16.8. The normalized spacial score (nSPS) is 15.2. The lowest BCUT2D eigenvalue weighted by Crippen LogP contribution is -2.41. The molecule has 1 aromatic heterocycles. The summed E-state index contributed by atoms with van der Waals surface area (Å²) in [6.45, 7) is 2.85. The molecule has 1 aliphatic rings. The number of benzene rings is 2. The molecule has 2 aromatic carbocycles. The van der Waals surface area contributed by atoms with E-state index in [1.807, 2.05) is 30.3 Å². The van der Waals surface area contributed by atoms with Crippen LogP contribution in [0, 0.1) is 0 Å². The average Bonchev–Trinajstić information content (AvgIpc) is 3.31. The summed E-state index contributed by atoms with van der Waals surface area (Å²) in [6.07, 6.45) is 3.12. The lowest BCUT2D eigenvalue weighted by atomic mass is 10.1. The number of carbonyl (C=O) groups excluding carboxylic acids is 1. The summed E-state index contributed by atoms with van der Waals surface area (Å²) >= 11 is 0. The summed E-state index contributed by atoms with van der Waals surface area (Å²) in [6, 6.07) is 17.8. The third-order valence-corrected chi connectivity index (χ3v) is 5.24. The van der Waals surface area contributed by atoms with Crippen molar-refractivity contribution in [2.75, 3.05) is 31.6 Å². The lowest BCUT2D eigenvalue weighted by Gasteiger charge is -2.31. The van der Waals surface area contributed by atoms with Crippen molar-refractivity contribution in [3.8, 4) is 11.4 Å². The number of amides is 1. The van der Waals surface area contributed by atoms with Crippen molar-refractivity contribution in [3.63, 3.8) is 0 Å². The van der Waals surface area contributed by atoms with E-state index in [0.29, 0.717) is 12.4 Å². The first-order valence-electron chi connectivity index (χ1n) is 10.3. The van der Waals surface area contributed by atoms with Crippen LogP contribution >= 0.6 is 0 Å². The third kappa shape index (κ3) is 5.71. The average molecular weight is 406 g/mol. The summed E-state index contributed by atoms with van der Waals surface area (Å²) in [7, 11) is 0. The summed E-state index contributed by atoms with van der Waals surface area (Å²) in [4.78, 5) is 14.6. The van der Waals surface area contributed by atoms with Crippen molar-refractivity contribution in [2.45, 2.75) is 25.4 Å². The summed E-state index contributed by atoms with van der Waals surface area (Å²) in [5.74, 6) is 0.476. The smallest absolute Gasteiger partial charge is 0.238 e. The number of hydrogen-bond acceptors (Lipinski definition) is 6. The molecule has 0 atom stereocenters. The highest BCUT2D eigenvalue weighted by Gasteiger charge is 2.21. The van der Waals surface area contributed by atoms with Crippen LogP contribution in [0.3, 0.4) is 0 Å². The van der Waals surface area contributed by atoms with Crippen molar-refractivity contribution < 1.29 is 9.53 Å². The van der Waals surface area contributed by atoms with E-state index in [4.69, 9.17) is 4.74 Å². The van der Waals surface area contributed by atoms with E-state index in [9.17, 15) is 4.79 Å². The van der Waals surface area contributed by atoms with Crippen LogP contribution in [-0.4, -0.2) is 63.8 Å². The summed E-state index contributed by atoms with van der Waals surface area (Å²) < 4.78 is 6.04. The highest BCUT2D eigenvalue weighted by Crippen LogP contribution is 2.19. The van der Waals surface area contributed by atoms with Gasteiger partial charge in [-0.15, -0.1) is 10.2 Å². The fourth-order valence-electron chi connectivity index (χ4n) is 3.65. The van der Waals surface area contributed by atoms with E-state index < -0.39 is 0 Å². The second-order valence-corrected chi connectivity index (χ2v) is 7.45. The van der Waals surface area contributed by atoms with Gasteiger partial charge in [-0.3, -0.25) is 9.69 Å². The number of piperidine rings is 1. The Balaban J connectivity index is 1.18. The van der Waals surface area contributed by atoms with Gasteiger partial charge in [-0.25, -0.2) is 0 Å². The maximum atomic E-state index is 12.5. The van der Waals surface area contributed by atoms with E-state index in [0.717, 1.165) is 50.2 Å². The number of hydrogen-bond donors (Lipinski definition) is 2. The number of nitrogens with one attached hydrogen (secondary N) is 2. The molecule has 30 heavy (non-hydrogen) atoms. The van der Waals surface area contributed by atoms with Crippen LogP contribution in [0.2, 0.25) is 0 Å². The summed E-state index contributed by atoms with van der Waals surface area (Å²) in [5.41, 5.74) is 2.83. The van der Waals surface area contributed by atoms with Gasteiger partial charge in [-0.1, -0.05) is 42.5 Å². The molecule has 8 nitrogen and oxygen atoms in total. The van der Waals surface area contributed by atoms with Crippen molar-refractivity contribution in [1.82, 2.24) is 25.5 Å². The number of H-pyrrole nitrogens is 1. The van der Waals surface area contributed by atoms with E-state index in [-0.39, 0.29) is 12.0 Å². The minimum Gasteiger partial charge on any atom is -0.378 e. The number of anilines is 1. The molecule has 0 bridgehead atoms. The van der Waals surface area contributed by atoms with Crippen LogP contribution in [0.1, 0.15) is 18.4 Å². The number of ether oxygens (including phenoxy) is 1. The van der Waals surface area contributed by atoms with Crippen LogP contribution in [0.15, 0.2) is 54.6 Å². The predicted octanol–water partition coefficient (Wildman–Crippen LogP) is 2.53. The minimum absolute atomic E-state index is 0.0243. The molecule has 1 amide bonds. The van der Waals surface area contributed by atoms with Crippen LogP contribution in [0.4, 0.5) is 5.69 Å². The Labute approximate surface area is 175 Å². The van der Waals surface area contributed by atoms with Crippen molar-refractivity contribution in [1.29, 1.82) is 0 Å². The van der Waals surface area contributed by atoms with E-state index in [1.165, 1.54) is 5.56 Å². The van der Waals surface area contributed by atoms with E-state index in [2.05, 4.69) is 55.1 Å². The van der Waals surface area contributed by atoms with Crippen LogP contribution in [0.25, 0.3) is 11.4 Å². The molecule has 2 N–H and O–H groups in total. The quantitative estimate of drug-likeness (QED) is 0.597. The molecular weight excluding hydrogens is 380 g/mol. The SMILES string of the molecule is O=C(CN1CCC(OCCc2ccccc2)CC1)Nc1cccc(-c2nn[nH]n2)c1. The highest BCUT2D eigenvalue weighted by atomic mass is 16.5. The molecule has 4 rings (SSSR count). The topological polar surface area (TPSA) is 96.0 Å². The van der Waals surface area contributed by atoms with Crippen molar-refractivity contribution in [3.05, 3.63) is 60.2 Å². The Bertz CT molecular complexity index is 924. The van der Waals surface area contributed by atoms with Gasteiger partial charge in [0.2, 0.25) is 11.7 Å². The minimum atomic E-state index is -0.0243. The molecule has 1 aliphatic heterocycles. The monoisotopic (exact) mass is 406 g/mol. The van der Waals surface area contributed by atoms with Crippen molar-refractivity contribution >= 4 is 11.6 Å². The number of nitrogens with zero attached hydrogens (tertiary/aromatic N) is 4. The number of likely N-dealkylation sites (tertiary alicyclic amines) is 1. The second kappa shape index (κ2) is 10.1. The first-order chi connectivity index (χ1) is 14.8. The van der Waals surface area contributed by atoms with Gasteiger partial charge in [0.1, 0.15) is 0 Å². The second-order valence-electron chi connectivity index (χ2n) is 7.45. The molecule has 0 radical (unpaired) electrons. The van der Waals surface area contributed by atoms with Gasteiger partial charge in [0.05, 0.1) is 19.3 Å². The highest BCUT2D eigenvalue weighted by molar-refractivity contribution is 5.92. The van der Waals surface area contributed by atoms with Crippen LogP contribution < -0.4 is 5.32 Å². The van der Waals surface area contributed by atoms with Gasteiger partial charge in [0.15, 0.2) is 0 Å². The Morgan fingerprint density at radius 1 is 1.13 bits per heavy atom. The van der Waals surface area contributed by atoms with Gasteiger partial charge >= 0.3 is 0 Å². The predicted molar refractivity (Wildman–Crippen MR) is 114 cm³/mol. The molecule has 0 spiro atoms. The number of rotatable bonds is 8. The molecule has 2 heterocycles. The molecule has 1 fully saturated rings. The Hall–Kier alpha value is -3.10. The Kier molecular flexibility index (Phi) is 6.79. The van der Waals surface area contributed by atoms with Gasteiger partial charge in [0.25, 0.3) is 0 Å². The maximum Gasteiger partial charge on any atom is 0.238 e. The lowest BCUT2D eigenvalue weighted by molar-refractivity contribution is -0.118. The van der Waals surface area contributed by atoms with E-state index >= 15 is 0 Å². The molecule has 8 heteroatoms. The van der Waals surface area contributed by atoms with Crippen molar-refractivity contribution in [2.24, 2.45) is 0 Å². The van der Waals surface area contributed by atoms with Crippen LogP contribution in [0.5, 0.6) is 0 Å². The zero-order chi connectivity index (χ0) is 20.6.